The molecule has 0 aliphatic rings. The van der Waals surface area contributed by atoms with Gasteiger partial charge >= 0.3 is 0 Å². The molecule has 0 unspecified atom stereocenters. The van der Waals surface area contributed by atoms with Gasteiger partial charge in [-0.25, -0.2) is 0 Å². The van der Waals surface area contributed by atoms with Gasteiger partial charge in [-0.15, -0.1) is 0 Å². The summed E-state index contributed by atoms with van der Waals surface area (Å²) >= 11 is 0. The van der Waals surface area contributed by atoms with Crippen molar-refractivity contribution in [1.82, 2.24) is 0 Å². The topological polar surface area (TPSA) is 69.9 Å². The van der Waals surface area contributed by atoms with Gasteiger partial charge < -0.3 is 20.1 Å². The normalized spacial score (nSPS) is 11.5. The summed E-state index contributed by atoms with van der Waals surface area (Å²) in [5.41, 5.74) is 1.50. The van der Waals surface area contributed by atoms with Gasteiger partial charge in [0.15, 0.2) is 0 Å². The Morgan fingerprint density at radius 3 is 1.71 bits per heavy atom. The molecule has 0 aliphatic heterocycles. The zero-order valence-corrected chi connectivity index (χ0v) is 18.3. The summed E-state index contributed by atoms with van der Waals surface area (Å²) in [5, 5.41) is 28.4. The summed E-state index contributed by atoms with van der Waals surface area (Å²) in [4.78, 5) is 0. The van der Waals surface area contributed by atoms with Crippen molar-refractivity contribution in [2.75, 3.05) is 6.61 Å². The third kappa shape index (κ3) is 7.34. The van der Waals surface area contributed by atoms with Crippen LogP contribution in [-0.2, 0) is 10.8 Å². The highest BCUT2D eigenvalue weighted by molar-refractivity contribution is 5.43. The van der Waals surface area contributed by atoms with E-state index < -0.39 is 0 Å². The SMILES string of the molecule is CC(C)(C)c1cc(O)ccc1O.CCCCOc1ccc(O)c(C(C)(C)C)c1. The van der Waals surface area contributed by atoms with Crippen LogP contribution in [0.4, 0.5) is 0 Å². The first-order valence-corrected chi connectivity index (χ1v) is 9.85. The van der Waals surface area contributed by atoms with Crippen molar-refractivity contribution in [3.05, 3.63) is 47.5 Å². The van der Waals surface area contributed by atoms with Crippen molar-refractivity contribution >= 4 is 0 Å². The van der Waals surface area contributed by atoms with Crippen molar-refractivity contribution in [3.8, 4) is 23.0 Å². The van der Waals surface area contributed by atoms with Gasteiger partial charge in [-0.2, -0.15) is 0 Å². The van der Waals surface area contributed by atoms with Crippen LogP contribution in [0.2, 0.25) is 0 Å². The van der Waals surface area contributed by atoms with Crippen molar-refractivity contribution in [1.29, 1.82) is 0 Å². The number of benzene rings is 2. The van der Waals surface area contributed by atoms with E-state index in [-0.39, 0.29) is 22.3 Å². The molecule has 3 N–H and O–H groups in total. The van der Waals surface area contributed by atoms with Crippen LogP contribution < -0.4 is 4.74 Å². The predicted octanol–water partition coefficient (Wildman–Crippen LogP) is 6.26. The first-order chi connectivity index (χ1) is 12.9. The first-order valence-electron chi connectivity index (χ1n) is 9.85. The minimum Gasteiger partial charge on any atom is -0.508 e. The molecule has 4 nitrogen and oxygen atoms in total. The Bertz CT molecular complexity index is 752. The van der Waals surface area contributed by atoms with E-state index in [1.807, 2.05) is 32.9 Å². The zero-order chi connectivity index (χ0) is 21.5. The maximum atomic E-state index is 9.79. The molecule has 0 radical (unpaired) electrons. The smallest absolute Gasteiger partial charge is 0.119 e. The van der Waals surface area contributed by atoms with Gasteiger partial charge in [0, 0.05) is 11.1 Å². The fourth-order valence-corrected chi connectivity index (χ4v) is 2.66. The average molecular weight is 389 g/mol. The fourth-order valence-electron chi connectivity index (χ4n) is 2.66. The van der Waals surface area contributed by atoms with E-state index in [1.165, 1.54) is 12.1 Å². The molecule has 0 saturated carbocycles. The molecule has 0 aliphatic carbocycles. The van der Waals surface area contributed by atoms with Crippen molar-refractivity contribution in [2.24, 2.45) is 0 Å². The van der Waals surface area contributed by atoms with E-state index in [4.69, 9.17) is 4.74 Å². The Kier molecular flexibility index (Phi) is 8.22. The molecule has 156 valence electrons. The van der Waals surface area contributed by atoms with Crippen LogP contribution in [0, 0.1) is 0 Å². The van der Waals surface area contributed by atoms with Crippen LogP contribution in [0.15, 0.2) is 36.4 Å². The molecule has 2 aromatic carbocycles. The first kappa shape index (κ1) is 23.7. The van der Waals surface area contributed by atoms with E-state index in [1.54, 1.807) is 12.1 Å². The molecule has 28 heavy (non-hydrogen) atoms. The third-order valence-corrected chi connectivity index (χ3v) is 4.33. The highest BCUT2D eigenvalue weighted by Gasteiger charge is 2.19. The Balaban J connectivity index is 0.000000292. The molecular weight excluding hydrogens is 352 g/mol. The van der Waals surface area contributed by atoms with E-state index in [0.29, 0.717) is 5.75 Å². The summed E-state index contributed by atoms with van der Waals surface area (Å²) in [6, 6.07) is 10.0. The fraction of sp³-hybridized carbons (Fsp3) is 0.500. The molecule has 0 spiro atoms. The number of aromatic hydroxyl groups is 3. The van der Waals surface area contributed by atoms with Gasteiger partial charge in [0.25, 0.3) is 0 Å². The predicted molar refractivity (Wildman–Crippen MR) is 116 cm³/mol. The Labute approximate surface area is 169 Å². The average Bonchev–Trinajstić information content (AvgIpc) is 2.57. The molecule has 0 atom stereocenters. The lowest BCUT2D eigenvalue weighted by Gasteiger charge is -2.21. The Morgan fingerprint density at radius 1 is 0.750 bits per heavy atom. The van der Waals surface area contributed by atoms with Crippen LogP contribution in [0.1, 0.15) is 72.4 Å². The molecule has 0 aromatic heterocycles. The van der Waals surface area contributed by atoms with Gasteiger partial charge in [0.2, 0.25) is 0 Å². The number of phenols is 3. The molecule has 2 rings (SSSR count). The highest BCUT2D eigenvalue weighted by Crippen LogP contribution is 2.34. The van der Waals surface area contributed by atoms with Gasteiger partial charge in [0.1, 0.15) is 23.0 Å². The molecule has 0 saturated heterocycles. The molecule has 0 heterocycles. The monoisotopic (exact) mass is 388 g/mol. The number of hydrogen-bond donors (Lipinski definition) is 3. The summed E-state index contributed by atoms with van der Waals surface area (Å²) in [7, 11) is 0. The molecule has 0 fully saturated rings. The minimum absolute atomic E-state index is 0.0613. The Hall–Kier alpha value is -2.36. The van der Waals surface area contributed by atoms with Crippen LogP contribution in [-0.4, -0.2) is 21.9 Å². The van der Waals surface area contributed by atoms with Crippen LogP contribution in [0.3, 0.4) is 0 Å². The van der Waals surface area contributed by atoms with Crippen LogP contribution >= 0.6 is 0 Å². The molecule has 4 heteroatoms. The number of hydrogen-bond acceptors (Lipinski definition) is 4. The standard InChI is InChI=1S/C14H22O2.C10H14O2/c1-5-6-9-16-11-7-8-13(15)12(10-11)14(2,3)4;1-10(2,3)8-6-7(11)4-5-9(8)12/h7-8,10,15H,5-6,9H2,1-4H3;4-6,11-12H,1-3H3. The number of phenolic OH excluding ortho intramolecular Hbond substituents is 3. The maximum Gasteiger partial charge on any atom is 0.119 e. The second-order valence-electron chi connectivity index (χ2n) is 9.08. The quantitative estimate of drug-likeness (QED) is 0.427. The van der Waals surface area contributed by atoms with Crippen molar-refractivity contribution in [2.45, 2.75) is 72.1 Å². The molecule has 2 aromatic rings. The van der Waals surface area contributed by atoms with E-state index in [9.17, 15) is 15.3 Å². The lowest BCUT2D eigenvalue weighted by atomic mass is 9.86. The minimum atomic E-state index is -0.136. The molecular formula is C24H36O4. The maximum absolute atomic E-state index is 9.79. The number of unbranched alkanes of at least 4 members (excludes halogenated alkanes) is 1. The lowest BCUT2D eigenvalue weighted by Crippen LogP contribution is -2.11. The second kappa shape index (κ2) is 9.72. The summed E-state index contributed by atoms with van der Waals surface area (Å²) in [6.07, 6.45) is 2.19. The van der Waals surface area contributed by atoms with Gasteiger partial charge in [-0.1, -0.05) is 54.9 Å². The number of rotatable bonds is 4. The summed E-state index contributed by atoms with van der Waals surface area (Å²) in [6.45, 7) is 15.1. The third-order valence-electron chi connectivity index (χ3n) is 4.33. The lowest BCUT2D eigenvalue weighted by molar-refractivity contribution is 0.307. The summed E-state index contributed by atoms with van der Waals surface area (Å²) < 4.78 is 5.63. The largest absolute Gasteiger partial charge is 0.508 e. The highest BCUT2D eigenvalue weighted by atomic mass is 16.5. The second-order valence-corrected chi connectivity index (χ2v) is 9.08. The van der Waals surface area contributed by atoms with Crippen molar-refractivity contribution < 1.29 is 20.1 Å². The van der Waals surface area contributed by atoms with E-state index in [0.717, 1.165) is 36.3 Å². The number of ether oxygens (including phenoxy) is 1. The van der Waals surface area contributed by atoms with Gasteiger partial charge in [-0.05, 0) is 53.6 Å². The van der Waals surface area contributed by atoms with Gasteiger partial charge in [0.05, 0.1) is 6.61 Å². The van der Waals surface area contributed by atoms with Crippen LogP contribution in [0.5, 0.6) is 23.0 Å². The molecule has 0 amide bonds. The van der Waals surface area contributed by atoms with Crippen molar-refractivity contribution in [3.63, 3.8) is 0 Å². The molecule has 0 bridgehead atoms. The van der Waals surface area contributed by atoms with Crippen LogP contribution in [0.25, 0.3) is 0 Å². The Morgan fingerprint density at radius 2 is 1.25 bits per heavy atom. The van der Waals surface area contributed by atoms with E-state index in [2.05, 4.69) is 27.7 Å². The summed E-state index contributed by atoms with van der Waals surface area (Å²) in [5.74, 6) is 1.62. The van der Waals surface area contributed by atoms with Gasteiger partial charge in [-0.3, -0.25) is 0 Å². The van der Waals surface area contributed by atoms with E-state index >= 15 is 0 Å². The zero-order valence-electron chi connectivity index (χ0n) is 18.3.